The molecule has 1 amide bonds. The largest absolute Gasteiger partial charge is 0.372 e. The van der Waals surface area contributed by atoms with E-state index in [-0.39, 0.29) is 35.8 Å². The molecule has 9 heteroatoms. The number of carbonyl (C=O) groups is 1. The van der Waals surface area contributed by atoms with Crippen LogP contribution in [-0.4, -0.2) is 33.5 Å². The van der Waals surface area contributed by atoms with E-state index in [1.54, 1.807) is 12.1 Å². The van der Waals surface area contributed by atoms with Crippen LogP contribution in [0.4, 0.5) is 0 Å². The lowest BCUT2D eigenvalue weighted by atomic mass is 10.1. The number of ether oxygens (including phenoxy) is 1. The fourth-order valence-corrected chi connectivity index (χ4v) is 3.57. The van der Waals surface area contributed by atoms with Crippen LogP contribution in [0.25, 0.3) is 0 Å². The summed E-state index contributed by atoms with van der Waals surface area (Å²) in [5, 5.41) is 2.76. The second-order valence-electron chi connectivity index (χ2n) is 5.89. The minimum Gasteiger partial charge on any atom is -0.372 e. The van der Waals surface area contributed by atoms with Crippen LogP contribution in [0.5, 0.6) is 0 Å². The van der Waals surface area contributed by atoms with Crippen LogP contribution < -0.4 is 15.8 Å². The monoisotopic (exact) mass is 391 g/mol. The van der Waals surface area contributed by atoms with Gasteiger partial charge in [0.05, 0.1) is 24.7 Å². The van der Waals surface area contributed by atoms with Gasteiger partial charge in [0.15, 0.2) is 0 Å². The number of nitrogens with one attached hydrogen (secondary N) is 2. The number of hydrogen-bond donors (Lipinski definition) is 3. The highest BCUT2D eigenvalue weighted by Gasteiger charge is 2.20. The highest BCUT2D eigenvalue weighted by Crippen LogP contribution is 2.22. The number of sulfonamides is 1. The van der Waals surface area contributed by atoms with Gasteiger partial charge in [0.2, 0.25) is 15.9 Å². The maximum absolute atomic E-state index is 12.3. The Bertz CT molecular complexity index is 682. The molecule has 0 saturated heterocycles. The third kappa shape index (κ3) is 6.23. The summed E-state index contributed by atoms with van der Waals surface area (Å²) in [6, 6.07) is 4.73. The molecular weight excluding hydrogens is 366 g/mol. The molecule has 0 aromatic heterocycles. The molecule has 142 valence electrons. The summed E-state index contributed by atoms with van der Waals surface area (Å²) in [5.41, 5.74) is 7.48. The lowest BCUT2D eigenvalue weighted by Gasteiger charge is -2.16. The van der Waals surface area contributed by atoms with Gasteiger partial charge in [0.25, 0.3) is 0 Å². The summed E-state index contributed by atoms with van der Waals surface area (Å²) in [7, 11) is -3.73. The second kappa shape index (κ2) is 10.1. The van der Waals surface area contributed by atoms with Crippen LogP contribution in [-0.2, 0) is 32.8 Å². The molecule has 1 heterocycles. The van der Waals surface area contributed by atoms with Gasteiger partial charge in [0, 0.05) is 12.6 Å². The van der Waals surface area contributed by atoms with E-state index >= 15 is 0 Å². The van der Waals surface area contributed by atoms with Crippen molar-refractivity contribution in [2.24, 2.45) is 5.73 Å². The molecule has 0 radical (unpaired) electrons. The molecule has 1 aliphatic heterocycles. The van der Waals surface area contributed by atoms with Crippen molar-refractivity contribution in [3.63, 3.8) is 0 Å². The zero-order valence-electron chi connectivity index (χ0n) is 14.3. The van der Waals surface area contributed by atoms with Crippen LogP contribution in [0.2, 0.25) is 0 Å². The summed E-state index contributed by atoms with van der Waals surface area (Å²) in [6.45, 7) is 3.01. The molecule has 0 spiro atoms. The zero-order chi connectivity index (χ0) is 17.6. The van der Waals surface area contributed by atoms with Crippen molar-refractivity contribution in [1.29, 1.82) is 0 Å². The molecular formula is C16H26ClN3O4S. The highest BCUT2D eigenvalue weighted by molar-refractivity contribution is 7.89. The number of amides is 1. The molecule has 4 N–H and O–H groups in total. The second-order valence-corrected chi connectivity index (χ2v) is 7.66. The molecule has 2 rings (SSSR count). The fourth-order valence-electron chi connectivity index (χ4n) is 2.54. The Labute approximate surface area is 155 Å². The first-order valence-corrected chi connectivity index (χ1v) is 9.63. The molecule has 7 nitrogen and oxygen atoms in total. The van der Waals surface area contributed by atoms with Crippen molar-refractivity contribution in [1.82, 2.24) is 10.0 Å². The van der Waals surface area contributed by atoms with Gasteiger partial charge in [0.1, 0.15) is 0 Å². The molecule has 0 aliphatic carbocycles. The van der Waals surface area contributed by atoms with E-state index in [9.17, 15) is 13.2 Å². The Kier molecular flexibility index (Phi) is 8.81. The normalized spacial score (nSPS) is 14.5. The van der Waals surface area contributed by atoms with E-state index in [1.165, 1.54) is 6.07 Å². The van der Waals surface area contributed by atoms with Crippen molar-refractivity contribution in [3.8, 4) is 0 Å². The Morgan fingerprint density at radius 2 is 2.04 bits per heavy atom. The number of halogens is 1. The summed E-state index contributed by atoms with van der Waals surface area (Å²) in [6.07, 6.45) is 2.77. The number of nitrogens with two attached hydrogens (primary N) is 1. The van der Waals surface area contributed by atoms with Crippen LogP contribution in [0.1, 0.15) is 37.3 Å². The van der Waals surface area contributed by atoms with Gasteiger partial charge in [-0.3, -0.25) is 4.79 Å². The summed E-state index contributed by atoms with van der Waals surface area (Å²) in [5.74, 6) is -0.380. The number of benzene rings is 1. The Morgan fingerprint density at radius 1 is 1.32 bits per heavy atom. The van der Waals surface area contributed by atoms with Crippen molar-refractivity contribution >= 4 is 28.3 Å². The number of fused-ring (bicyclic) bond motifs is 1. The molecule has 25 heavy (non-hydrogen) atoms. The first kappa shape index (κ1) is 21.9. The van der Waals surface area contributed by atoms with Gasteiger partial charge in [-0.2, -0.15) is 0 Å². The van der Waals surface area contributed by atoms with E-state index in [0.717, 1.165) is 30.4 Å². The Hall–Kier alpha value is -1.19. The minimum absolute atomic E-state index is 0. The van der Waals surface area contributed by atoms with E-state index in [0.29, 0.717) is 19.8 Å². The van der Waals surface area contributed by atoms with E-state index in [4.69, 9.17) is 10.5 Å². The zero-order valence-corrected chi connectivity index (χ0v) is 15.9. The van der Waals surface area contributed by atoms with Gasteiger partial charge in [-0.25, -0.2) is 13.1 Å². The lowest BCUT2D eigenvalue weighted by Crippen LogP contribution is -2.45. The van der Waals surface area contributed by atoms with E-state index in [1.807, 2.05) is 0 Å². The molecule has 0 bridgehead atoms. The quantitative estimate of drug-likeness (QED) is 0.582. The van der Waals surface area contributed by atoms with Crippen molar-refractivity contribution in [2.75, 3.05) is 13.1 Å². The summed E-state index contributed by atoms with van der Waals surface area (Å²) < 4.78 is 32.2. The van der Waals surface area contributed by atoms with E-state index in [2.05, 4.69) is 17.0 Å². The number of carbonyl (C=O) groups excluding carboxylic acids is 1. The molecule has 1 aromatic carbocycles. The first-order valence-electron chi connectivity index (χ1n) is 8.15. The molecule has 0 saturated carbocycles. The van der Waals surface area contributed by atoms with Crippen molar-refractivity contribution in [2.45, 2.75) is 50.3 Å². The van der Waals surface area contributed by atoms with Crippen molar-refractivity contribution < 1.29 is 17.9 Å². The molecule has 1 aromatic rings. The molecule has 1 unspecified atom stereocenters. The number of rotatable bonds is 9. The van der Waals surface area contributed by atoms with Crippen LogP contribution in [0.15, 0.2) is 23.1 Å². The smallest absolute Gasteiger partial charge is 0.241 e. The Balaban J connectivity index is 0.00000312. The summed E-state index contributed by atoms with van der Waals surface area (Å²) in [4.78, 5) is 12.1. The average molecular weight is 392 g/mol. The topological polar surface area (TPSA) is 111 Å². The highest BCUT2D eigenvalue weighted by atomic mass is 35.5. The minimum atomic E-state index is -3.73. The molecule has 0 fully saturated rings. The van der Waals surface area contributed by atoms with Gasteiger partial charge < -0.3 is 15.8 Å². The van der Waals surface area contributed by atoms with Crippen LogP contribution in [0, 0.1) is 0 Å². The standard InChI is InChI=1S/C16H25N3O4S.ClH/c1-2-3-4-14(8-17)19-16(20)9-18-24(21,22)15-6-5-12-10-23-11-13(12)7-15;/h5-7,14,18H,2-4,8-11,17H2,1H3,(H,19,20);1H. The van der Waals surface area contributed by atoms with Gasteiger partial charge in [-0.15, -0.1) is 12.4 Å². The number of unbranched alkanes of at least 4 members (excludes halogenated alkanes) is 1. The van der Waals surface area contributed by atoms with Gasteiger partial charge >= 0.3 is 0 Å². The predicted octanol–water partition coefficient (Wildman–Crippen LogP) is 1.05. The maximum atomic E-state index is 12.3. The van der Waals surface area contributed by atoms with Crippen LogP contribution in [0.3, 0.4) is 0 Å². The molecule has 1 aliphatic rings. The first-order chi connectivity index (χ1) is 11.5. The third-order valence-corrected chi connectivity index (χ3v) is 5.38. The number of hydrogen-bond acceptors (Lipinski definition) is 5. The van der Waals surface area contributed by atoms with Gasteiger partial charge in [-0.05, 0) is 29.7 Å². The SMILES string of the molecule is CCCCC(CN)NC(=O)CNS(=O)(=O)c1ccc2c(c1)COC2.Cl. The van der Waals surface area contributed by atoms with Gasteiger partial charge in [-0.1, -0.05) is 25.8 Å². The lowest BCUT2D eigenvalue weighted by molar-refractivity contribution is -0.120. The fraction of sp³-hybridized carbons (Fsp3) is 0.562. The summed E-state index contributed by atoms with van der Waals surface area (Å²) >= 11 is 0. The average Bonchev–Trinajstić information content (AvgIpc) is 3.04. The third-order valence-electron chi connectivity index (χ3n) is 3.98. The van der Waals surface area contributed by atoms with Crippen LogP contribution >= 0.6 is 12.4 Å². The Morgan fingerprint density at radius 3 is 2.72 bits per heavy atom. The predicted molar refractivity (Wildman–Crippen MR) is 97.9 cm³/mol. The maximum Gasteiger partial charge on any atom is 0.241 e. The molecule has 1 atom stereocenters. The van der Waals surface area contributed by atoms with E-state index < -0.39 is 10.0 Å². The van der Waals surface area contributed by atoms with Crippen molar-refractivity contribution in [3.05, 3.63) is 29.3 Å².